The predicted octanol–water partition coefficient (Wildman–Crippen LogP) is 1.80. The second-order valence-electron chi connectivity index (χ2n) is 6.12. The fourth-order valence-electron chi connectivity index (χ4n) is 4.05. The summed E-state index contributed by atoms with van der Waals surface area (Å²) in [6, 6.07) is 10.6. The third-order valence-electron chi connectivity index (χ3n) is 5.06. The average molecular weight is 275 g/mol. The molecule has 1 spiro atoms. The predicted molar refractivity (Wildman–Crippen MR) is 75.6 cm³/mol. The van der Waals surface area contributed by atoms with Crippen molar-refractivity contribution >= 4 is 5.69 Å². The molecule has 0 bridgehead atoms. The lowest BCUT2D eigenvalue weighted by molar-refractivity contribution is -0.0859. The first-order valence-corrected chi connectivity index (χ1v) is 7.56. The van der Waals surface area contributed by atoms with Crippen LogP contribution in [0.4, 0.5) is 5.69 Å². The molecule has 2 heterocycles. The normalized spacial score (nSPS) is 42.5. The summed E-state index contributed by atoms with van der Waals surface area (Å²) in [4.78, 5) is 0. The van der Waals surface area contributed by atoms with E-state index in [1.807, 2.05) is 18.2 Å². The number of hydrogen-bond donors (Lipinski definition) is 2. The summed E-state index contributed by atoms with van der Waals surface area (Å²) < 4.78 is 12.1. The maximum Gasteiger partial charge on any atom is 0.141 e. The Balaban J connectivity index is 1.58. The van der Waals surface area contributed by atoms with E-state index in [1.54, 1.807) is 0 Å². The van der Waals surface area contributed by atoms with Crippen molar-refractivity contribution in [1.82, 2.24) is 0 Å². The van der Waals surface area contributed by atoms with Gasteiger partial charge in [0.15, 0.2) is 0 Å². The van der Waals surface area contributed by atoms with Crippen LogP contribution in [-0.4, -0.2) is 42.2 Å². The molecule has 5 atom stereocenters. The van der Waals surface area contributed by atoms with Gasteiger partial charge in [-0.3, -0.25) is 0 Å². The van der Waals surface area contributed by atoms with E-state index >= 15 is 0 Å². The zero-order chi connectivity index (χ0) is 13.6. The van der Waals surface area contributed by atoms with Crippen LogP contribution in [-0.2, 0) is 9.47 Å². The summed E-state index contributed by atoms with van der Waals surface area (Å²) in [6.07, 6.45) is 3.33. The number of para-hydroxylation sites is 1. The Hall–Kier alpha value is -1.10. The van der Waals surface area contributed by atoms with Crippen LogP contribution >= 0.6 is 0 Å². The lowest BCUT2D eigenvalue weighted by Gasteiger charge is -2.43. The molecule has 4 nitrogen and oxygen atoms in total. The monoisotopic (exact) mass is 275 g/mol. The van der Waals surface area contributed by atoms with Crippen molar-refractivity contribution in [3.63, 3.8) is 0 Å². The molecule has 108 valence electrons. The summed E-state index contributed by atoms with van der Waals surface area (Å²) in [7, 11) is 0. The summed E-state index contributed by atoms with van der Waals surface area (Å²) >= 11 is 0. The summed E-state index contributed by atoms with van der Waals surface area (Å²) in [5.74, 6) is 0.217. The van der Waals surface area contributed by atoms with E-state index in [-0.39, 0.29) is 30.3 Å². The van der Waals surface area contributed by atoms with Gasteiger partial charge < -0.3 is 19.9 Å². The SMILES string of the molecule is OC[C@@H]1CC[C@@H](Nc2ccccc2)[C@]23OC2CCO[C@H]13. The number of benzene rings is 1. The quantitative estimate of drug-likeness (QED) is 0.826. The van der Waals surface area contributed by atoms with E-state index < -0.39 is 0 Å². The molecule has 2 saturated heterocycles. The van der Waals surface area contributed by atoms with E-state index in [0.29, 0.717) is 6.10 Å². The minimum Gasteiger partial charge on any atom is -0.396 e. The zero-order valence-corrected chi connectivity index (χ0v) is 11.5. The van der Waals surface area contributed by atoms with Crippen molar-refractivity contribution in [2.24, 2.45) is 5.92 Å². The largest absolute Gasteiger partial charge is 0.396 e. The molecule has 1 aliphatic carbocycles. The Morgan fingerprint density at radius 3 is 2.85 bits per heavy atom. The van der Waals surface area contributed by atoms with Gasteiger partial charge in [-0.15, -0.1) is 0 Å². The Morgan fingerprint density at radius 1 is 1.20 bits per heavy atom. The Morgan fingerprint density at radius 2 is 2.05 bits per heavy atom. The first-order chi connectivity index (χ1) is 9.84. The molecule has 0 amide bonds. The number of aliphatic hydroxyl groups excluding tert-OH is 1. The molecule has 1 aromatic rings. The van der Waals surface area contributed by atoms with Gasteiger partial charge in [0.25, 0.3) is 0 Å². The molecule has 3 aliphatic rings. The molecule has 1 aromatic carbocycles. The Bertz CT molecular complexity index is 480. The maximum absolute atomic E-state index is 9.58. The smallest absolute Gasteiger partial charge is 0.141 e. The molecule has 2 aliphatic heterocycles. The van der Waals surface area contributed by atoms with E-state index in [2.05, 4.69) is 17.4 Å². The molecule has 0 radical (unpaired) electrons. The highest BCUT2D eigenvalue weighted by molar-refractivity contribution is 5.45. The van der Waals surface area contributed by atoms with E-state index in [4.69, 9.17) is 9.47 Å². The van der Waals surface area contributed by atoms with Crippen molar-refractivity contribution in [3.05, 3.63) is 30.3 Å². The van der Waals surface area contributed by atoms with Crippen molar-refractivity contribution in [2.45, 2.75) is 43.1 Å². The molecule has 4 rings (SSSR count). The highest BCUT2D eigenvalue weighted by Gasteiger charge is 2.70. The number of aliphatic hydroxyl groups is 1. The van der Waals surface area contributed by atoms with Crippen LogP contribution in [0.1, 0.15) is 19.3 Å². The van der Waals surface area contributed by atoms with Crippen molar-refractivity contribution in [1.29, 1.82) is 0 Å². The molecular weight excluding hydrogens is 254 g/mol. The van der Waals surface area contributed by atoms with Crippen molar-refractivity contribution in [3.8, 4) is 0 Å². The highest BCUT2D eigenvalue weighted by Crippen LogP contribution is 2.55. The van der Waals surface area contributed by atoms with Gasteiger partial charge >= 0.3 is 0 Å². The maximum atomic E-state index is 9.58. The van der Waals surface area contributed by atoms with Crippen LogP contribution in [0.3, 0.4) is 0 Å². The number of rotatable bonds is 3. The number of nitrogens with one attached hydrogen (secondary N) is 1. The molecule has 1 saturated carbocycles. The van der Waals surface area contributed by atoms with Crippen LogP contribution in [0.15, 0.2) is 30.3 Å². The van der Waals surface area contributed by atoms with Gasteiger partial charge in [0, 0.05) is 24.8 Å². The lowest BCUT2D eigenvalue weighted by atomic mass is 9.72. The first kappa shape index (κ1) is 12.6. The fraction of sp³-hybridized carbons (Fsp3) is 0.625. The second-order valence-corrected chi connectivity index (χ2v) is 6.12. The molecular formula is C16H21NO3. The summed E-state index contributed by atoms with van der Waals surface area (Å²) in [5, 5.41) is 13.2. The van der Waals surface area contributed by atoms with Crippen LogP contribution < -0.4 is 5.32 Å². The van der Waals surface area contributed by atoms with Crippen LogP contribution in [0.5, 0.6) is 0 Å². The molecule has 0 aromatic heterocycles. The minimum atomic E-state index is -0.209. The standard InChI is InChI=1S/C16H21NO3/c18-10-11-6-7-13(17-12-4-2-1-3-5-12)16-14(20-16)8-9-19-15(11)16/h1-5,11,13-15,17-18H,6-10H2/t11-,13+,14?,15+,16-/m0/s1. The number of anilines is 1. The van der Waals surface area contributed by atoms with Crippen LogP contribution in [0.25, 0.3) is 0 Å². The van der Waals surface area contributed by atoms with Crippen LogP contribution in [0, 0.1) is 5.92 Å². The van der Waals surface area contributed by atoms with E-state index in [9.17, 15) is 5.11 Å². The number of ether oxygens (including phenoxy) is 2. The van der Waals surface area contributed by atoms with Gasteiger partial charge in [-0.05, 0) is 31.4 Å². The third kappa shape index (κ3) is 1.79. The molecule has 1 unspecified atom stereocenters. The van der Waals surface area contributed by atoms with Gasteiger partial charge in [-0.1, -0.05) is 18.2 Å². The summed E-state index contributed by atoms with van der Waals surface area (Å²) in [6.45, 7) is 0.951. The topological polar surface area (TPSA) is 54.0 Å². The van der Waals surface area contributed by atoms with E-state index in [0.717, 1.165) is 31.6 Å². The van der Waals surface area contributed by atoms with Crippen molar-refractivity contribution < 1.29 is 14.6 Å². The third-order valence-corrected chi connectivity index (χ3v) is 5.06. The van der Waals surface area contributed by atoms with Gasteiger partial charge in [-0.2, -0.15) is 0 Å². The Labute approximate surface area is 119 Å². The van der Waals surface area contributed by atoms with Crippen molar-refractivity contribution in [2.75, 3.05) is 18.5 Å². The minimum absolute atomic E-state index is 0.0428. The molecule has 4 heteroatoms. The molecule has 2 N–H and O–H groups in total. The van der Waals surface area contributed by atoms with Gasteiger partial charge in [0.05, 0.1) is 18.2 Å². The average Bonchev–Trinajstić information content (AvgIpc) is 3.23. The van der Waals surface area contributed by atoms with Crippen LogP contribution in [0.2, 0.25) is 0 Å². The zero-order valence-electron chi connectivity index (χ0n) is 11.5. The fourth-order valence-corrected chi connectivity index (χ4v) is 4.05. The van der Waals surface area contributed by atoms with Gasteiger partial charge in [-0.25, -0.2) is 0 Å². The highest BCUT2D eigenvalue weighted by atomic mass is 16.7. The number of hydrogen-bond acceptors (Lipinski definition) is 4. The van der Waals surface area contributed by atoms with Gasteiger partial charge in [0.2, 0.25) is 0 Å². The van der Waals surface area contributed by atoms with Gasteiger partial charge in [0.1, 0.15) is 5.60 Å². The molecule has 3 fully saturated rings. The molecule has 20 heavy (non-hydrogen) atoms. The summed E-state index contributed by atoms with van der Waals surface area (Å²) in [5.41, 5.74) is 0.924. The number of epoxide rings is 1. The van der Waals surface area contributed by atoms with E-state index in [1.165, 1.54) is 0 Å². The second kappa shape index (κ2) is 4.72. The first-order valence-electron chi connectivity index (χ1n) is 7.56. The Kier molecular flexibility index (Phi) is 2.98. The lowest BCUT2D eigenvalue weighted by Crippen LogP contribution is -2.58.